The molecule has 1 rings (SSSR count). The van der Waals surface area contributed by atoms with Gasteiger partial charge in [-0.15, -0.1) is 11.3 Å². The van der Waals surface area contributed by atoms with E-state index in [1.807, 2.05) is 17.2 Å². The Hall–Kier alpha value is -0.980. The lowest BCUT2D eigenvalue weighted by atomic mass is 10.3. The Morgan fingerprint density at radius 1 is 1.56 bits per heavy atom. The van der Waals surface area contributed by atoms with Gasteiger partial charge in [0.2, 0.25) is 5.91 Å². The first kappa shape index (κ1) is 15.1. The average molecular weight is 271 g/mol. The van der Waals surface area contributed by atoms with Gasteiger partial charge < -0.3 is 10.4 Å². The van der Waals surface area contributed by atoms with E-state index in [0.717, 1.165) is 25.1 Å². The van der Waals surface area contributed by atoms with Crippen molar-refractivity contribution in [1.82, 2.24) is 9.88 Å². The lowest BCUT2D eigenvalue weighted by Gasteiger charge is -2.19. The van der Waals surface area contributed by atoms with E-state index in [1.54, 1.807) is 0 Å². The molecule has 1 heterocycles. The van der Waals surface area contributed by atoms with Crippen molar-refractivity contribution in [3.8, 4) is 0 Å². The van der Waals surface area contributed by atoms with Gasteiger partial charge in [-0.1, -0.05) is 13.3 Å². The van der Waals surface area contributed by atoms with Gasteiger partial charge >= 0.3 is 0 Å². The number of carbonyl (C=O) groups is 1. The number of anilines is 1. The summed E-state index contributed by atoms with van der Waals surface area (Å²) in [5.74, 6) is -0.0751. The molecule has 0 unspecified atom stereocenters. The number of rotatable bonds is 8. The topological polar surface area (TPSA) is 65.5 Å². The molecule has 0 spiro atoms. The van der Waals surface area contributed by atoms with Crippen LogP contribution in [0, 0.1) is 6.92 Å². The standard InChI is InChI=1S/C12H21N3O2S/c1-3-4-5-15(6-7-16)8-11(17)14-12-13-10(2)9-18-12/h9,16H,3-8H2,1-2H3,(H,13,14,17). The number of nitrogens with zero attached hydrogens (tertiary/aromatic N) is 2. The second-order valence-electron chi connectivity index (χ2n) is 4.20. The summed E-state index contributed by atoms with van der Waals surface area (Å²) in [7, 11) is 0. The number of unbranched alkanes of at least 4 members (excludes halogenated alkanes) is 1. The van der Waals surface area contributed by atoms with Crippen LogP contribution in [0.25, 0.3) is 0 Å². The van der Waals surface area contributed by atoms with E-state index >= 15 is 0 Å². The molecular formula is C12H21N3O2S. The van der Waals surface area contributed by atoms with Gasteiger partial charge in [-0.25, -0.2) is 4.98 Å². The highest BCUT2D eigenvalue weighted by molar-refractivity contribution is 7.13. The summed E-state index contributed by atoms with van der Waals surface area (Å²) in [6.45, 7) is 5.75. The van der Waals surface area contributed by atoms with Crippen LogP contribution in [0.1, 0.15) is 25.5 Å². The summed E-state index contributed by atoms with van der Waals surface area (Å²) in [6.07, 6.45) is 2.11. The second-order valence-corrected chi connectivity index (χ2v) is 5.05. The largest absolute Gasteiger partial charge is 0.395 e. The Kier molecular flexibility index (Phi) is 6.85. The van der Waals surface area contributed by atoms with Crippen LogP contribution in [0.4, 0.5) is 5.13 Å². The smallest absolute Gasteiger partial charge is 0.240 e. The molecule has 0 radical (unpaired) electrons. The quantitative estimate of drug-likeness (QED) is 0.752. The summed E-state index contributed by atoms with van der Waals surface area (Å²) in [4.78, 5) is 17.9. The summed E-state index contributed by atoms with van der Waals surface area (Å²) >= 11 is 1.43. The number of thiazole rings is 1. The van der Waals surface area contributed by atoms with E-state index in [4.69, 9.17) is 5.11 Å². The van der Waals surface area contributed by atoms with Crippen molar-refractivity contribution in [1.29, 1.82) is 0 Å². The van der Waals surface area contributed by atoms with Crippen molar-refractivity contribution in [3.63, 3.8) is 0 Å². The molecule has 1 amide bonds. The highest BCUT2D eigenvalue weighted by Crippen LogP contribution is 2.14. The minimum Gasteiger partial charge on any atom is -0.395 e. The number of carbonyl (C=O) groups excluding carboxylic acids is 1. The molecule has 0 aromatic carbocycles. The van der Waals surface area contributed by atoms with Gasteiger partial charge in [-0.2, -0.15) is 0 Å². The van der Waals surface area contributed by atoms with Gasteiger partial charge in [0, 0.05) is 11.9 Å². The van der Waals surface area contributed by atoms with Gasteiger partial charge in [0.25, 0.3) is 0 Å². The molecule has 102 valence electrons. The van der Waals surface area contributed by atoms with Gasteiger partial charge in [-0.3, -0.25) is 9.69 Å². The van der Waals surface area contributed by atoms with Crippen LogP contribution in [-0.4, -0.2) is 47.1 Å². The molecule has 6 heteroatoms. The SMILES string of the molecule is CCCCN(CCO)CC(=O)Nc1nc(C)cs1. The van der Waals surface area contributed by atoms with Crippen molar-refractivity contribution in [2.45, 2.75) is 26.7 Å². The van der Waals surface area contributed by atoms with Gasteiger partial charge in [0.05, 0.1) is 18.8 Å². The summed E-state index contributed by atoms with van der Waals surface area (Å²) < 4.78 is 0. The fourth-order valence-corrected chi connectivity index (χ4v) is 2.27. The third-order valence-electron chi connectivity index (χ3n) is 2.48. The zero-order chi connectivity index (χ0) is 13.4. The lowest BCUT2D eigenvalue weighted by molar-refractivity contribution is -0.117. The molecule has 0 aliphatic rings. The summed E-state index contributed by atoms with van der Waals surface area (Å²) in [5, 5.41) is 14.3. The molecule has 0 saturated carbocycles. The van der Waals surface area contributed by atoms with Crippen molar-refractivity contribution >= 4 is 22.4 Å². The van der Waals surface area contributed by atoms with Crippen LogP contribution < -0.4 is 5.32 Å². The Morgan fingerprint density at radius 3 is 2.89 bits per heavy atom. The maximum absolute atomic E-state index is 11.8. The van der Waals surface area contributed by atoms with Crippen LogP contribution >= 0.6 is 11.3 Å². The Morgan fingerprint density at radius 2 is 2.33 bits per heavy atom. The first-order chi connectivity index (χ1) is 8.65. The van der Waals surface area contributed by atoms with Crippen LogP contribution in [0.3, 0.4) is 0 Å². The Bertz CT molecular complexity index is 368. The number of hydrogen-bond acceptors (Lipinski definition) is 5. The molecule has 1 aromatic rings. The molecule has 2 N–H and O–H groups in total. The molecule has 0 atom stereocenters. The first-order valence-electron chi connectivity index (χ1n) is 6.21. The summed E-state index contributed by atoms with van der Waals surface area (Å²) in [6, 6.07) is 0. The minimum absolute atomic E-state index is 0.0751. The number of aliphatic hydroxyl groups excluding tert-OH is 1. The Labute approximate surface area is 112 Å². The molecule has 0 saturated heterocycles. The van der Waals surface area contributed by atoms with Gasteiger partial charge in [0.1, 0.15) is 0 Å². The zero-order valence-electron chi connectivity index (χ0n) is 11.0. The second kappa shape index (κ2) is 8.18. The van der Waals surface area contributed by atoms with Crippen molar-refractivity contribution in [3.05, 3.63) is 11.1 Å². The number of aromatic nitrogens is 1. The number of hydrogen-bond donors (Lipinski definition) is 2. The fraction of sp³-hybridized carbons (Fsp3) is 0.667. The maximum atomic E-state index is 11.8. The normalized spacial score (nSPS) is 10.9. The molecule has 0 bridgehead atoms. The molecule has 18 heavy (non-hydrogen) atoms. The van der Waals surface area contributed by atoms with Crippen LogP contribution in [0.5, 0.6) is 0 Å². The first-order valence-corrected chi connectivity index (χ1v) is 7.09. The third kappa shape index (κ3) is 5.57. The van der Waals surface area contributed by atoms with Gasteiger partial charge in [-0.05, 0) is 19.9 Å². The Balaban J connectivity index is 2.40. The molecule has 1 aromatic heterocycles. The van der Waals surface area contributed by atoms with E-state index in [1.165, 1.54) is 11.3 Å². The fourth-order valence-electron chi connectivity index (χ4n) is 1.57. The third-order valence-corrected chi connectivity index (χ3v) is 3.35. The van der Waals surface area contributed by atoms with E-state index in [2.05, 4.69) is 17.2 Å². The zero-order valence-corrected chi connectivity index (χ0v) is 11.8. The number of amides is 1. The average Bonchev–Trinajstić information content (AvgIpc) is 2.71. The van der Waals surface area contributed by atoms with Crippen molar-refractivity contribution in [2.24, 2.45) is 0 Å². The highest BCUT2D eigenvalue weighted by Gasteiger charge is 2.11. The van der Waals surface area contributed by atoms with E-state index in [0.29, 0.717) is 18.2 Å². The highest BCUT2D eigenvalue weighted by atomic mass is 32.1. The van der Waals surface area contributed by atoms with Crippen LogP contribution in [-0.2, 0) is 4.79 Å². The van der Waals surface area contributed by atoms with Crippen molar-refractivity contribution in [2.75, 3.05) is 31.6 Å². The van der Waals surface area contributed by atoms with Gasteiger partial charge in [0.15, 0.2) is 5.13 Å². The van der Waals surface area contributed by atoms with E-state index in [-0.39, 0.29) is 12.5 Å². The van der Waals surface area contributed by atoms with Crippen LogP contribution in [0.15, 0.2) is 5.38 Å². The van der Waals surface area contributed by atoms with E-state index in [9.17, 15) is 4.79 Å². The van der Waals surface area contributed by atoms with E-state index < -0.39 is 0 Å². The number of nitrogens with one attached hydrogen (secondary N) is 1. The summed E-state index contributed by atoms with van der Waals surface area (Å²) in [5.41, 5.74) is 0.911. The molecular weight excluding hydrogens is 250 g/mol. The predicted molar refractivity (Wildman–Crippen MR) is 73.9 cm³/mol. The monoisotopic (exact) mass is 271 g/mol. The van der Waals surface area contributed by atoms with Crippen molar-refractivity contribution < 1.29 is 9.90 Å². The minimum atomic E-state index is -0.0751. The number of aliphatic hydroxyl groups is 1. The molecule has 0 fully saturated rings. The molecule has 0 aliphatic heterocycles. The molecule has 0 aliphatic carbocycles. The maximum Gasteiger partial charge on any atom is 0.240 e. The lowest BCUT2D eigenvalue weighted by Crippen LogP contribution is -2.35. The van der Waals surface area contributed by atoms with Crippen LogP contribution in [0.2, 0.25) is 0 Å². The number of aryl methyl sites for hydroxylation is 1. The molecule has 5 nitrogen and oxygen atoms in total. The predicted octanol–water partition coefficient (Wildman–Crippen LogP) is 1.48.